The van der Waals surface area contributed by atoms with E-state index in [0.29, 0.717) is 23.7 Å². The zero-order chi connectivity index (χ0) is 28.2. The number of benzene rings is 1. The zero-order valence-electron chi connectivity index (χ0n) is 25.6. The van der Waals surface area contributed by atoms with Crippen molar-refractivity contribution in [2.45, 2.75) is 92.9 Å². The summed E-state index contributed by atoms with van der Waals surface area (Å²) >= 11 is 0. The lowest BCUT2D eigenvalue weighted by atomic mass is 9.86. The molecule has 3 aliphatic rings. The molecule has 1 N–H and O–H groups in total. The second kappa shape index (κ2) is 10.6. The summed E-state index contributed by atoms with van der Waals surface area (Å²) in [6.07, 6.45) is 7.36. The van der Waals surface area contributed by atoms with Crippen LogP contribution in [-0.2, 0) is 4.79 Å². The highest BCUT2D eigenvalue weighted by Gasteiger charge is 2.39. The van der Waals surface area contributed by atoms with Gasteiger partial charge >= 0.3 is 0 Å². The van der Waals surface area contributed by atoms with Gasteiger partial charge in [-0.25, -0.2) is 0 Å². The quantitative estimate of drug-likeness (QED) is 0.420. The van der Waals surface area contributed by atoms with Crippen molar-refractivity contribution in [1.29, 1.82) is 0 Å². The van der Waals surface area contributed by atoms with Gasteiger partial charge in [-0.05, 0) is 93.2 Å². The maximum Gasteiger partial charge on any atom is 0.255 e. The summed E-state index contributed by atoms with van der Waals surface area (Å²) in [5.41, 5.74) is 13.8. The van der Waals surface area contributed by atoms with Gasteiger partial charge in [0.1, 0.15) is 0 Å². The molecule has 0 bridgehead atoms. The first kappa shape index (κ1) is 27.7. The molecule has 0 spiro atoms. The van der Waals surface area contributed by atoms with Crippen molar-refractivity contribution in [3.63, 3.8) is 0 Å². The number of carbonyl (C=O) groups excluding carboxylic acids is 1. The van der Waals surface area contributed by atoms with Crippen LogP contribution in [0.2, 0.25) is 0 Å². The molecule has 1 aromatic carbocycles. The molecule has 1 aromatic heterocycles. The van der Waals surface area contributed by atoms with Crippen LogP contribution >= 0.6 is 0 Å². The summed E-state index contributed by atoms with van der Waals surface area (Å²) in [7, 11) is 3.72. The Kier molecular flexibility index (Phi) is 7.52. The van der Waals surface area contributed by atoms with E-state index in [1.165, 1.54) is 65.6 Å². The van der Waals surface area contributed by atoms with Crippen molar-refractivity contribution >= 4 is 17.2 Å². The lowest BCUT2D eigenvalue weighted by Gasteiger charge is -2.20. The van der Waals surface area contributed by atoms with Gasteiger partial charge in [0.05, 0.1) is 22.7 Å². The van der Waals surface area contributed by atoms with Crippen molar-refractivity contribution in [2.24, 2.45) is 22.7 Å². The Morgan fingerprint density at radius 3 is 1.97 bits per heavy atom. The van der Waals surface area contributed by atoms with Crippen molar-refractivity contribution in [3.05, 3.63) is 74.2 Å². The van der Waals surface area contributed by atoms with Gasteiger partial charge in [-0.1, -0.05) is 57.2 Å². The third-order valence-corrected chi connectivity index (χ3v) is 9.76. The van der Waals surface area contributed by atoms with Crippen LogP contribution in [0.3, 0.4) is 0 Å². The predicted molar refractivity (Wildman–Crippen MR) is 163 cm³/mol. The van der Waals surface area contributed by atoms with E-state index in [9.17, 15) is 4.79 Å². The number of aromatic nitrogens is 1. The van der Waals surface area contributed by atoms with Gasteiger partial charge in [-0.2, -0.15) is 0 Å². The molecule has 2 fully saturated rings. The number of allylic oxidation sites excluding steroid dienone is 1. The fourth-order valence-electron chi connectivity index (χ4n) is 7.72. The van der Waals surface area contributed by atoms with Crippen molar-refractivity contribution in [1.82, 2.24) is 9.88 Å². The largest absolute Gasteiger partial charge is 0.358 e. The first-order valence-corrected chi connectivity index (χ1v) is 15.0. The monoisotopic (exact) mass is 525 g/mol. The lowest BCUT2D eigenvalue weighted by Crippen LogP contribution is -2.30. The molecule has 39 heavy (non-hydrogen) atoms. The highest BCUT2D eigenvalue weighted by molar-refractivity contribution is 6.26. The van der Waals surface area contributed by atoms with Gasteiger partial charge in [-0.15, -0.1) is 0 Å². The maximum atomic E-state index is 13.7. The normalized spacial score (nSPS) is 26.4. The standard InChI is InChI=1S/C35H47N3O/c1-19-16-22(4)29(23(5)17-19)31(32-24(6)18-28(36-32)26-14-10-12-20(26)2)33-25(7)30(35(39)38(8)9)34(37-33)27-15-11-13-21(27)3/h16-18,20-21,26-27,36H,10-15H2,1-9H3. The third kappa shape index (κ3) is 4.85. The van der Waals surface area contributed by atoms with E-state index in [1.807, 2.05) is 14.1 Å². The van der Waals surface area contributed by atoms with Crippen LogP contribution in [0, 0.1) is 45.4 Å². The minimum absolute atomic E-state index is 0.0701. The second-order valence-corrected chi connectivity index (χ2v) is 13.0. The Morgan fingerprint density at radius 1 is 0.846 bits per heavy atom. The molecule has 4 nitrogen and oxygen atoms in total. The number of H-pyrrole nitrogens is 1. The molecule has 1 amide bonds. The summed E-state index contributed by atoms with van der Waals surface area (Å²) in [6, 6.07) is 6.94. The van der Waals surface area contributed by atoms with Gasteiger partial charge in [0, 0.05) is 37.2 Å². The Labute approximate surface area is 235 Å². The highest BCUT2D eigenvalue weighted by atomic mass is 16.2. The van der Waals surface area contributed by atoms with Crippen molar-refractivity contribution in [3.8, 4) is 0 Å². The summed E-state index contributed by atoms with van der Waals surface area (Å²) in [4.78, 5) is 24.8. The smallest absolute Gasteiger partial charge is 0.255 e. The number of likely N-dealkylation sites (N-methyl/N-ethyl adjacent to an activating group) is 1. The minimum Gasteiger partial charge on any atom is -0.358 e. The molecule has 1 aliphatic heterocycles. The van der Waals surface area contributed by atoms with E-state index in [2.05, 4.69) is 71.6 Å². The number of aromatic amines is 1. The molecule has 2 heterocycles. The first-order chi connectivity index (χ1) is 18.5. The number of aliphatic imine (C=N–C) groups is 1. The van der Waals surface area contributed by atoms with Gasteiger partial charge in [0.2, 0.25) is 0 Å². The van der Waals surface area contributed by atoms with E-state index in [0.717, 1.165) is 40.2 Å². The number of amides is 1. The Morgan fingerprint density at radius 2 is 1.44 bits per heavy atom. The average Bonchev–Trinajstić information content (AvgIpc) is 3.63. The van der Waals surface area contributed by atoms with Crippen LogP contribution in [-0.4, -0.2) is 35.6 Å². The van der Waals surface area contributed by atoms with Crippen LogP contribution in [0.1, 0.15) is 104 Å². The van der Waals surface area contributed by atoms with Crippen LogP contribution < -0.4 is 0 Å². The van der Waals surface area contributed by atoms with E-state index >= 15 is 0 Å². The third-order valence-electron chi connectivity index (χ3n) is 9.76. The fourth-order valence-corrected chi connectivity index (χ4v) is 7.72. The van der Waals surface area contributed by atoms with Crippen LogP contribution in [0.15, 0.2) is 40.0 Å². The number of carbonyl (C=O) groups is 1. The van der Waals surface area contributed by atoms with Crippen LogP contribution in [0.25, 0.3) is 5.57 Å². The molecule has 2 saturated carbocycles. The van der Waals surface area contributed by atoms with Crippen molar-refractivity contribution in [2.75, 3.05) is 14.1 Å². The molecule has 2 aromatic rings. The number of hydrogen-bond acceptors (Lipinski definition) is 2. The zero-order valence-corrected chi connectivity index (χ0v) is 25.6. The Hall–Kier alpha value is -2.88. The number of hydrogen-bond donors (Lipinski definition) is 1. The molecular formula is C35H47N3O. The Balaban J connectivity index is 1.81. The number of aryl methyl sites for hydroxylation is 4. The number of nitrogens with zero attached hydrogens (tertiary/aromatic N) is 2. The summed E-state index contributed by atoms with van der Waals surface area (Å²) in [5.74, 6) is 2.21. The van der Waals surface area contributed by atoms with Gasteiger partial charge < -0.3 is 9.88 Å². The van der Waals surface area contributed by atoms with E-state index < -0.39 is 0 Å². The molecule has 4 atom stereocenters. The van der Waals surface area contributed by atoms with E-state index in [4.69, 9.17) is 4.99 Å². The molecule has 5 rings (SSSR count). The molecule has 4 unspecified atom stereocenters. The summed E-state index contributed by atoms with van der Waals surface area (Å²) in [6.45, 7) is 15.7. The predicted octanol–water partition coefficient (Wildman–Crippen LogP) is 8.21. The van der Waals surface area contributed by atoms with E-state index in [-0.39, 0.29) is 5.91 Å². The first-order valence-electron chi connectivity index (χ1n) is 15.0. The molecule has 0 radical (unpaired) electrons. The van der Waals surface area contributed by atoms with Gasteiger partial charge in [0.15, 0.2) is 0 Å². The highest BCUT2D eigenvalue weighted by Crippen LogP contribution is 2.45. The molecular weight excluding hydrogens is 478 g/mol. The van der Waals surface area contributed by atoms with Gasteiger partial charge in [-0.3, -0.25) is 9.79 Å². The second-order valence-electron chi connectivity index (χ2n) is 13.0. The number of nitrogens with one attached hydrogen (secondary N) is 1. The topological polar surface area (TPSA) is 48.5 Å². The van der Waals surface area contributed by atoms with Crippen molar-refractivity contribution < 1.29 is 4.79 Å². The Bertz CT molecular complexity index is 1380. The molecule has 0 saturated heterocycles. The van der Waals surface area contributed by atoms with Gasteiger partial charge in [0.25, 0.3) is 5.91 Å². The fraction of sp³-hybridized carbons (Fsp3) is 0.543. The SMILES string of the molecule is CC1=C(C(=O)N(C)C)C(C2CCCC2C)=NC1=C(c1[nH]c(C2CCCC2C)cc1C)c1c(C)cc(C)cc1C. The summed E-state index contributed by atoms with van der Waals surface area (Å²) < 4.78 is 0. The molecule has 208 valence electrons. The minimum atomic E-state index is 0.0701. The van der Waals surface area contributed by atoms with Crippen LogP contribution in [0.5, 0.6) is 0 Å². The molecule has 2 aliphatic carbocycles. The average molecular weight is 526 g/mol. The van der Waals surface area contributed by atoms with E-state index in [1.54, 1.807) is 4.90 Å². The molecule has 4 heteroatoms. The maximum absolute atomic E-state index is 13.7. The van der Waals surface area contributed by atoms with Crippen LogP contribution in [0.4, 0.5) is 0 Å². The lowest BCUT2D eigenvalue weighted by molar-refractivity contribution is -0.124. The number of rotatable bonds is 5. The summed E-state index contributed by atoms with van der Waals surface area (Å²) in [5, 5.41) is 0.